The molecule has 3 heterocycles. The van der Waals surface area contributed by atoms with Gasteiger partial charge in [-0.3, -0.25) is 4.98 Å². The quantitative estimate of drug-likeness (QED) is 0.811. The Morgan fingerprint density at radius 1 is 1.14 bits per heavy atom. The monoisotopic (exact) mass is 298 g/mol. The number of ether oxygens (including phenoxy) is 2. The minimum absolute atomic E-state index is 0.0330. The molecule has 2 fully saturated rings. The third-order valence-electron chi connectivity index (χ3n) is 4.82. The summed E-state index contributed by atoms with van der Waals surface area (Å²) in [5.41, 5.74) is 3.40. The SMILES string of the molecule is Cc1cc(N2CCOC3(CCOCC3)C2)c2ccccc2n1. The molecule has 2 aromatic rings. The Morgan fingerprint density at radius 3 is 2.82 bits per heavy atom. The highest BCUT2D eigenvalue weighted by molar-refractivity contribution is 5.92. The van der Waals surface area contributed by atoms with Crippen LogP contribution >= 0.6 is 0 Å². The van der Waals surface area contributed by atoms with Gasteiger partial charge < -0.3 is 14.4 Å². The Bertz CT molecular complexity index is 674. The summed E-state index contributed by atoms with van der Waals surface area (Å²) in [4.78, 5) is 7.14. The first-order valence-corrected chi connectivity index (χ1v) is 8.09. The van der Waals surface area contributed by atoms with E-state index in [1.165, 1.54) is 11.1 Å². The lowest BCUT2D eigenvalue weighted by Gasteiger charge is -2.45. The van der Waals surface area contributed by atoms with Gasteiger partial charge in [-0.05, 0) is 19.1 Å². The van der Waals surface area contributed by atoms with E-state index in [9.17, 15) is 0 Å². The molecule has 1 spiro atoms. The number of pyridine rings is 1. The standard InChI is InChI=1S/C18H22N2O2/c1-14-12-17(15-4-2-3-5-16(15)19-14)20-8-11-22-18(13-20)6-9-21-10-7-18/h2-5,12H,6-11,13H2,1H3. The number of hydrogen-bond acceptors (Lipinski definition) is 4. The van der Waals surface area contributed by atoms with Crippen molar-refractivity contribution in [2.45, 2.75) is 25.4 Å². The van der Waals surface area contributed by atoms with Crippen molar-refractivity contribution in [1.29, 1.82) is 0 Å². The van der Waals surface area contributed by atoms with Gasteiger partial charge in [0.2, 0.25) is 0 Å². The molecule has 4 rings (SSSR count). The Hall–Kier alpha value is -1.65. The maximum Gasteiger partial charge on any atom is 0.0901 e. The van der Waals surface area contributed by atoms with Crippen molar-refractivity contribution in [3.63, 3.8) is 0 Å². The van der Waals surface area contributed by atoms with Crippen molar-refractivity contribution >= 4 is 16.6 Å². The molecule has 0 bridgehead atoms. The summed E-state index contributed by atoms with van der Waals surface area (Å²) < 4.78 is 11.7. The molecule has 0 aliphatic carbocycles. The predicted molar refractivity (Wildman–Crippen MR) is 87.4 cm³/mol. The number of nitrogens with zero attached hydrogens (tertiary/aromatic N) is 2. The average molecular weight is 298 g/mol. The molecule has 0 saturated carbocycles. The summed E-state index contributed by atoms with van der Waals surface area (Å²) in [5.74, 6) is 0. The fourth-order valence-electron chi connectivity index (χ4n) is 3.64. The van der Waals surface area contributed by atoms with E-state index in [1.54, 1.807) is 0 Å². The van der Waals surface area contributed by atoms with Crippen LogP contribution in [0.25, 0.3) is 10.9 Å². The highest BCUT2D eigenvalue weighted by Crippen LogP contribution is 2.34. The first kappa shape index (κ1) is 14.0. The third-order valence-corrected chi connectivity index (χ3v) is 4.82. The van der Waals surface area contributed by atoms with E-state index in [1.807, 2.05) is 0 Å². The van der Waals surface area contributed by atoms with Crippen LogP contribution in [0.3, 0.4) is 0 Å². The zero-order chi connectivity index (χ0) is 15.0. The second-order valence-electron chi connectivity index (χ2n) is 6.37. The summed E-state index contributed by atoms with van der Waals surface area (Å²) in [5, 5.41) is 1.23. The molecule has 0 radical (unpaired) electrons. The average Bonchev–Trinajstić information content (AvgIpc) is 2.55. The number of anilines is 1. The van der Waals surface area contributed by atoms with Crippen molar-refractivity contribution in [1.82, 2.24) is 4.98 Å². The maximum absolute atomic E-state index is 6.16. The van der Waals surface area contributed by atoms with Gasteiger partial charge in [0.25, 0.3) is 0 Å². The van der Waals surface area contributed by atoms with Crippen molar-refractivity contribution in [2.75, 3.05) is 37.8 Å². The summed E-state index contributed by atoms with van der Waals surface area (Å²) >= 11 is 0. The highest BCUT2D eigenvalue weighted by atomic mass is 16.5. The number of aryl methyl sites for hydroxylation is 1. The molecule has 0 unspecified atom stereocenters. The van der Waals surface area contributed by atoms with Crippen LogP contribution in [0.4, 0.5) is 5.69 Å². The first-order valence-electron chi connectivity index (χ1n) is 8.09. The van der Waals surface area contributed by atoms with Gasteiger partial charge in [-0.25, -0.2) is 0 Å². The smallest absolute Gasteiger partial charge is 0.0901 e. The lowest BCUT2D eigenvalue weighted by molar-refractivity contribution is -0.116. The van der Waals surface area contributed by atoms with Crippen LogP contribution in [-0.4, -0.2) is 43.5 Å². The molecule has 4 nitrogen and oxygen atoms in total. The van der Waals surface area contributed by atoms with E-state index in [4.69, 9.17) is 9.47 Å². The molecule has 1 aromatic heterocycles. The first-order chi connectivity index (χ1) is 10.8. The van der Waals surface area contributed by atoms with Crippen LogP contribution in [0.2, 0.25) is 0 Å². The van der Waals surface area contributed by atoms with E-state index in [2.05, 4.69) is 47.1 Å². The number of benzene rings is 1. The van der Waals surface area contributed by atoms with E-state index in [0.29, 0.717) is 0 Å². The van der Waals surface area contributed by atoms with Gasteiger partial charge in [0.1, 0.15) is 0 Å². The summed E-state index contributed by atoms with van der Waals surface area (Å²) in [6, 6.07) is 10.6. The van der Waals surface area contributed by atoms with E-state index in [0.717, 1.165) is 57.0 Å². The fraction of sp³-hybridized carbons (Fsp3) is 0.500. The number of para-hydroxylation sites is 1. The number of aromatic nitrogens is 1. The van der Waals surface area contributed by atoms with Gasteiger partial charge >= 0.3 is 0 Å². The topological polar surface area (TPSA) is 34.6 Å². The number of hydrogen-bond donors (Lipinski definition) is 0. The molecule has 2 saturated heterocycles. The molecular weight excluding hydrogens is 276 g/mol. The van der Waals surface area contributed by atoms with Crippen LogP contribution < -0.4 is 4.90 Å². The van der Waals surface area contributed by atoms with Gasteiger partial charge in [0.05, 0.1) is 17.7 Å². The van der Waals surface area contributed by atoms with Crippen LogP contribution in [0.15, 0.2) is 30.3 Å². The molecule has 116 valence electrons. The molecule has 4 heteroatoms. The molecule has 0 N–H and O–H groups in total. The van der Waals surface area contributed by atoms with Gasteiger partial charge in [0, 0.05) is 55.9 Å². The molecular formula is C18H22N2O2. The molecule has 2 aliphatic rings. The Labute approximate surface area is 131 Å². The zero-order valence-corrected chi connectivity index (χ0v) is 13.0. The van der Waals surface area contributed by atoms with Crippen molar-refractivity contribution in [3.05, 3.63) is 36.0 Å². The van der Waals surface area contributed by atoms with E-state index >= 15 is 0 Å². The lowest BCUT2D eigenvalue weighted by atomic mass is 9.91. The molecule has 1 aromatic carbocycles. The van der Waals surface area contributed by atoms with Crippen molar-refractivity contribution in [2.24, 2.45) is 0 Å². The Kier molecular flexibility index (Phi) is 3.51. The van der Waals surface area contributed by atoms with Crippen LogP contribution in [0, 0.1) is 6.92 Å². The minimum Gasteiger partial charge on any atom is -0.381 e. The lowest BCUT2D eigenvalue weighted by Crippen LogP contribution is -2.54. The number of morpholine rings is 1. The van der Waals surface area contributed by atoms with Crippen molar-refractivity contribution in [3.8, 4) is 0 Å². The predicted octanol–water partition coefficient (Wildman–Crippen LogP) is 2.93. The molecule has 0 amide bonds. The second kappa shape index (κ2) is 5.52. The summed E-state index contributed by atoms with van der Waals surface area (Å²) in [6.07, 6.45) is 1.98. The third kappa shape index (κ3) is 2.46. The number of rotatable bonds is 1. The van der Waals surface area contributed by atoms with Gasteiger partial charge in [0.15, 0.2) is 0 Å². The summed E-state index contributed by atoms with van der Waals surface area (Å²) in [7, 11) is 0. The summed E-state index contributed by atoms with van der Waals surface area (Å²) in [6.45, 7) is 6.37. The minimum atomic E-state index is -0.0330. The maximum atomic E-state index is 6.16. The Morgan fingerprint density at radius 2 is 1.95 bits per heavy atom. The van der Waals surface area contributed by atoms with Crippen LogP contribution in [0.1, 0.15) is 18.5 Å². The fourth-order valence-corrected chi connectivity index (χ4v) is 3.64. The largest absolute Gasteiger partial charge is 0.381 e. The molecule has 2 aliphatic heterocycles. The van der Waals surface area contributed by atoms with Gasteiger partial charge in [-0.1, -0.05) is 18.2 Å². The van der Waals surface area contributed by atoms with E-state index < -0.39 is 0 Å². The highest BCUT2D eigenvalue weighted by Gasteiger charge is 2.38. The van der Waals surface area contributed by atoms with Gasteiger partial charge in [-0.15, -0.1) is 0 Å². The van der Waals surface area contributed by atoms with Crippen molar-refractivity contribution < 1.29 is 9.47 Å². The normalized spacial score (nSPS) is 21.4. The molecule has 0 atom stereocenters. The van der Waals surface area contributed by atoms with E-state index in [-0.39, 0.29) is 5.60 Å². The molecule has 22 heavy (non-hydrogen) atoms. The second-order valence-corrected chi connectivity index (χ2v) is 6.37. The number of fused-ring (bicyclic) bond motifs is 1. The van der Waals surface area contributed by atoms with Crippen LogP contribution in [-0.2, 0) is 9.47 Å². The zero-order valence-electron chi connectivity index (χ0n) is 13.0. The van der Waals surface area contributed by atoms with Crippen LogP contribution in [0.5, 0.6) is 0 Å². The van der Waals surface area contributed by atoms with Gasteiger partial charge in [-0.2, -0.15) is 0 Å². The Balaban J connectivity index is 1.72.